The number of halogens is 1. The number of hydrogen-bond donors (Lipinski definition) is 0. The Morgan fingerprint density at radius 1 is 1.25 bits per heavy atom. The number of fused-ring (bicyclic) bond motifs is 1. The number of aryl methyl sites for hydroxylation is 1. The van der Waals surface area contributed by atoms with Crippen molar-refractivity contribution in [3.63, 3.8) is 0 Å². The van der Waals surface area contributed by atoms with Gasteiger partial charge in [0.05, 0.1) is 5.52 Å². The molecule has 120 valence electrons. The Kier molecular flexibility index (Phi) is 3.70. The van der Waals surface area contributed by atoms with Gasteiger partial charge in [0.25, 0.3) is 0 Å². The van der Waals surface area contributed by atoms with E-state index in [9.17, 15) is 4.79 Å². The lowest BCUT2D eigenvalue weighted by Gasteiger charge is -2.11. The van der Waals surface area contributed by atoms with Crippen molar-refractivity contribution >= 4 is 33.8 Å². The van der Waals surface area contributed by atoms with E-state index in [1.54, 1.807) is 30.6 Å². The average molecular weight is 357 g/mol. The molecule has 3 aromatic heterocycles. The number of aromatic nitrogens is 4. The molecule has 0 atom stereocenters. The maximum Gasteiger partial charge on any atom is 0.193 e. The molecule has 0 unspecified atom stereocenters. The molecule has 0 radical (unpaired) electrons. The highest BCUT2D eigenvalue weighted by atomic mass is 35.5. The van der Waals surface area contributed by atoms with E-state index in [2.05, 4.69) is 9.97 Å². The van der Waals surface area contributed by atoms with E-state index < -0.39 is 0 Å². The van der Waals surface area contributed by atoms with Gasteiger partial charge in [0.2, 0.25) is 0 Å². The molecule has 1 aromatic carbocycles. The Morgan fingerprint density at radius 3 is 2.83 bits per heavy atom. The SMILES string of the molecule is Cn1ccnc1Cc1cn(-c2nccs2)c2cc(Cl)ccc2c1=O. The minimum Gasteiger partial charge on any atom is -0.338 e. The summed E-state index contributed by atoms with van der Waals surface area (Å²) in [5.41, 5.74) is 1.43. The summed E-state index contributed by atoms with van der Waals surface area (Å²) >= 11 is 7.64. The molecule has 0 spiro atoms. The van der Waals surface area contributed by atoms with Crippen LogP contribution < -0.4 is 5.43 Å². The Balaban J connectivity index is 1.98. The molecule has 0 amide bonds. The fourth-order valence-corrected chi connectivity index (χ4v) is 3.51. The van der Waals surface area contributed by atoms with E-state index in [-0.39, 0.29) is 5.43 Å². The maximum absolute atomic E-state index is 12.9. The molecule has 4 aromatic rings. The highest BCUT2D eigenvalue weighted by molar-refractivity contribution is 7.12. The summed E-state index contributed by atoms with van der Waals surface area (Å²) in [5.74, 6) is 0.839. The fraction of sp³-hybridized carbons (Fsp3) is 0.118. The second kappa shape index (κ2) is 5.89. The quantitative estimate of drug-likeness (QED) is 0.565. The molecule has 4 rings (SSSR count). The van der Waals surface area contributed by atoms with Crippen LogP contribution >= 0.6 is 22.9 Å². The lowest BCUT2D eigenvalue weighted by atomic mass is 10.1. The molecular formula is C17H13ClN4OS. The minimum atomic E-state index is -0.00234. The first-order valence-corrected chi connectivity index (χ1v) is 8.59. The molecule has 0 saturated heterocycles. The second-order valence-electron chi connectivity index (χ2n) is 5.46. The van der Waals surface area contributed by atoms with Gasteiger partial charge in [-0.3, -0.25) is 9.36 Å². The zero-order chi connectivity index (χ0) is 16.7. The molecular weight excluding hydrogens is 344 g/mol. The average Bonchev–Trinajstić information content (AvgIpc) is 3.22. The van der Waals surface area contributed by atoms with Gasteiger partial charge >= 0.3 is 0 Å². The molecule has 0 saturated carbocycles. The van der Waals surface area contributed by atoms with Gasteiger partial charge in [0.1, 0.15) is 5.82 Å². The molecule has 0 N–H and O–H groups in total. The molecule has 0 aliphatic carbocycles. The van der Waals surface area contributed by atoms with Crippen molar-refractivity contribution in [1.82, 2.24) is 19.1 Å². The summed E-state index contributed by atoms with van der Waals surface area (Å²) in [6.45, 7) is 0. The van der Waals surface area contributed by atoms with Crippen LogP contribution in [0.2, 0.25) is 5.02 Å². The monoisotopic (exact) mass is 356 g/mol. The van der Waals surface area contributed by atoms with Crippen LogP contribution in [0.15, 0.2) is 53.2 Å². The largest absolute Gasteiger partial charge is 0.338 e. The zero-order valence-electron chi connectivity index (χ0n) is 12.8. The number of pyridine rings is 1. The van der Waals surface area contributed by atoms with Gasteiger partial charge < -0.3 is 4.57 Å². The van der Waals surface area contributed by atoms with Crippen molar-refractivity contribution in [2.45, 2.75) is 6.42 Å². The number of imidazole rings is 1. The first-order valence-electron chi connectivity index (χ1n) is 7.33. The Hall–Kier alpha value is -2.44. The van der Waals surface area contributed by atoms with Crippen LogP contribution in [0.1, 0.15) is 11.4 Å². The van der Waals surface area contributed by atoms with Crippen LogP contribution in [-0.4, -0.2) is 19.1 Å². The highest BCUT2D eigenvalue weighted by Gasteiger charge is 2.14. The van der Waals surface area contributed by atoms with Crippen molar-refractivity contribution in [2.24, 2.45) is 7.05 Å². The summed E-state index contributed by atoms with van der Waals surface area (Å²) < 4.78 is 3.84. The van der Waals surface area contributed by atoms with Gasteiger partial charge in [-0.25, -0.2) is 9.97 Å². The van der Waals surface area contributed by atoms with Crippen molar-refractivity contribution < 1.29 is 0 Å². The van der Waals surface area contributed by atoms with Gasteiger partial charge in [-0.05, 0) is 18.2 Å². The summed E-state index contributed by atoms with van der Waals surface area (Å²) in [4.78, 5) is 21.6. The standard InChI is InChI=1S/C17H13ClN4OS/c1-21-6-4-19-15(21)8-11-10-22(17-20-5-7-24-17)14-9-12(18)2-3-13(14)16(11)23/h2-7,9-10H,8H2,1H3. The van der Waals surface area contributed by atoms with Crippen LogP contribution in [0.25, 0.3) is 16.0 Å². The third-order valence-corrected chi connectivity index (χ3v) is 4.94. The van der Waals surface area contributed by atoms with Gasteiger partial charge in [-0.1, -0.05) is 11.6 Å². The first-order chi connectivity index (χ1) is 11.6. The summed E-state index contributed by atoms with van der Waals surface area (Å²) in [6.07, 6.45) is 7.65. The normalized spacial score (nSPS) is 11.2. The molecule has 0 aliphatic heterocycles. The molecule has 24 heavy (non-hydrogen) atoms. The zero-order valence-corrected chi connectivity index (χ0v) is 14.4. The fourth-order valence-electron chi connectivity index (χ4n) is 2.71. The lowest BCUT2D eigenvalue weighted by molar-refractivity contribution is 0.816. The number of benzene rings is 1. The number of thiazole rings is 1. The van der Waals surface area contributed by atoms with Crippen molar-refractivity contribution in [1.29, 1.82) is 0 Å². The topological polar surface area (TPSA) is 52.7 Å². The summed E-state index contributed by atoms with van der Waals surface area (Å²) in [5, 5.41) is 3.91. The maximum atomic E-state index is 12.9. The van der Waals surface area contributed by atoms with Gasteiger partial charge in [0.15, 0.2) is 10.6 Å². The Bertz CT molecular complexity index is 1080. The van der Waals surface area contributed by atoms with Crippen molar-refractivity contribution in [3.05, 3.63) is 75.0 Å². The predicted molar refractivity (Wildman–Crippen MR) is 96.2 cm³/mol. The van der Waals surface area contributed by atoms with E-state index in [0.29, 0.717) is 22.4 Å². The van der Waals surface area contributed by atoms with Gasteiger partial charge in [-0.15, -0.1) is 11.3 Å². The lowest BCUT2D eigenvalue weighted by Crippen LogP contribution is -2.16. The van der Waals surface area contributed by atoms with Crippen molar-refractivity contribution in [3.8, 4) is 5.13 Å². The second-order valence-corrected chi connectivity index (χ2v) is 6.77. The smallest absolute Gasteiger partial charge is 0.193 e. The molecule has 0 fully saturated rings. The third kappa shape index (κ3) is 2.53. The van der Waals surface area contributed by atoms with Gasteiger partial charge in [-0.2, -0.15) is 0 Å². The predicted octanol–water partition coefficient (Wildman–Crippen LogP) is 3.42. The summed E-state index contributed by atoms with van der Waals surface area (Å²) in [7, 11) is 1.92. The molecule has 0 bridgehead atoms. The van der Waals surface area contributed by atoms with Crippen LogP contribution in [0.3, 0.4) is 0 Å². The Labute approximate surface area is 146 Å². The van der Waals surface area contributed by atoms with Gasteiger partial charge in [0, 0.05) is 59.6 Å². The van der Waals surface area contributed by atoms with Crippen molar-refractivity contribution in [2.75, 3.05) is 0 Å². The molecule has 3 heterocycles. The van der Waals surface area contributed by atoms with Crippen LogP contribution in [0, 0.1) is 0 Å². The van der Waals surface area contributed by atoms with E-state index >= 15 is 0 Å². The minimum absolute atomic E-state index is 0.00234. The summed E-state index contributed by atoms with van der Waals surface area (Å²) in [6, 6.07) is 5.30. The highest BCUT2D eigenvalue weighted by Crippen LogP contribution is 2.23. The molecule has 7 heteroatoms. The van der Waals surface area contributed by atoms with Crippen LogP contribution in [-0.2, 0) is 13.5 Å². The van der Waals surface area contributed by atoms with E-state index in [1.807, 2.05) is 34.0 Å². The third-order valence-electron chi connectivity index (χ3n) is 3.94. The Morgan fingerprint density at radius 2 is 2.12 bits per heavy atom. The number of nitrogens with zero attached hydrogens (tertiary/aromatic N) is 4. The molecule has 0 aliphatic rings. The first kappa shape index (κ1) is 15.1. The molecule has 5 nitrogen and oxygen atoms in total. The number of rotatable bonds is 3. The van der Waals surface area contributed by atoms with Crippen LogP contribution in [0.5, 0.6) is 0 Å². The van der Waals surface area contributed by atoms with E-state index in [0.717, 1.165) is 16.5 Å². The van der Waals surface area contributed by atoms with E-state index in [1.165, 1.54) is 11.3 Å². The number of hydrogen-bond acceptors (Lipinski definition) is 4. The van der Waals surface area contributed by atoms with Crippen LogP contribution in [0.4, 0.5) is 0 Å². The van der Waals surface area contributed by atoms with E-state index in [4.69, 9.17) is 11.6 Å².